The summed E-state index contributed by atoms with van der Waals surface area (Å²) in [5.41, 5.74) is 3.27. The molecule has 0 unspecified atom stereocenters. The van der Waals surface area contributed by atoms with Gasteiger partial charge in [-0.2, -0.15) is 0 Å². The highest BCUT2D eigenvalue weighted by Gasteiger charge is 2.37. The zero-order valence-corrected chi connectivity index (χ0v) is 14.3. The highest BCUT2D eigenvalue weighted by atomic mass is 16.5. The van der Waals surface area contributed by atoms with E-state index in [1.165, 1.54) is 6.07 Å². The monoisotopic (exact) mass is 344 g/mol. The minimum Gasteiger partial charge on any atom is -0.461 e. The topological polar surface area (TPSA) is 93.0 Å². The molecule has 0 saturated carbocycles. The largest absolute Gasteiger partial charge is 0.461 e. The summed E-state index contributed by atoms with van der Waals surface area (Å²) < 4.78 is 17.2. The van der Waals surface area contributed by atoms with Crippen LogP contribution in [0.2, 0.25) is 0 Å². The van der Waals surface area contributed by atoms with Crippen molar-refractivity contribution in [3.8, 4) is 0 Å². The van der Waals surface area contributed by atoms with Crippen molar-refractivity contribution >= 4 is 21.9 Å². The quantitative estimate of drug-likeness (QED) is 0.694. The summed E-state index contributed by atoms with van der Waals surface area (Å²) in [6, 6.07) is 3.42. The summed E-state index contributed by atoms with van der Waals surface area (Å²) in [7, 11) is 0. The predicted molar refractivity (Wildman–Crippen MR) is 91.8 cm³/mol. The molecule has 1 aromatic carbocycles. The number of hydrogen-bond acceptors (Lipinski definition) is 6. The van der Waals surface area contributed by atoms with E-state index >= 15 is 0 Å². The molecule has 1 aliphatic heterocycles. The summed E-state index contributed by atoms with van der Waals surface area (Å²) >= 11 is 0. The lowest BCUT2D eigenvalue weighted by Gasteiger charge is -2.12. The Morgan fingerprint density at radius 1 is 1.12 bits per heavy atom. The van der Waals surface area contributed by atoms with E-state index in [4.69, 9.17) is 13.6 Å². The molecule has 0 radical (unpaired) electrons. The number of fused-ring (bicyclic) bond motifs is 2. The van der Waals surface area contributed by atoms with Crippen LogP contribution in [0.15, 0.2) is 25.8 Å². The summed E-state index contributed by atoms with van der Waals surface area (Å²) in [5.74, 6) is 0.698. The molecule has 3 aromatic rings. The standard InChI is InChI=1S/C19H20O6/c1-8-4-16(22)25-18-9(2)19-12(5-11(8)18)17(10(3)23-19)14-6-13(21)15(7-20)24-14/h4-5,13-15,20-21H,6-7H2,1-3H3/t13-,14+,15+/m0/s1. The summed E-state index contributed by atoms with van der Waals surface area (Å²) in [6.45, 7) is 5.36. The first-order valence-electron chi connectivity index (χ1n) is 8.32. The van der Waals surface area contributed by atoms with Gasteiger partial charge in [0.1, 0.15) is 23.0 Å². The lowest BCUT2D eigenvalue weighted by molar-refractivity contribution is -0.0225. The normalized spacial score (nSPS) is 23.8. The van der Waals surface area contributed by atoms with Crippen LogP contribution >= 0.6 is 0 Å². The molecular formula is C19H20O6. The van der Waals surface area contributed by atoms with Gasteiger partial charge in [0.15, 0.2) is 0 Å². The van der Waals surface area contributed by atoms with Crippen LogP contribution in [-0.2, 0) is 4.74 Å². The number of aliphatic hydroxyl groups excluding tert-OH is 2. The lowest BCUT2D eigenvalue weighted by atomic mass is 9.98. The minimum atomic E-state index is -0.708. The third kappa shape index (κ3) is 2.40. The van der Waals surface area contributed by atoms with Crippen molar-refractivity contribution in [3.63, 3.8) is 0 Å². The molecule has 0 aliphatic carbocycles. The number of rotatable bonds is 2. The van der Waals surface area contributed by atoms with Crippen molar-refractivity contribution in [2.24, 2.45) is 0 Å². The first kappa shape index (κ1) is 16.3. The van der Waals surface area contributed by atoms with Gasteiger partial charge in [-0.15, -0.1) is 0 Å². The first-order valence-corrected chi connectivity index (χ1v) is 8.32. The predicted octanol–water partition coefficient (Wildman–Crippen LogP) is 2.65. The Morgan fingerprint density at radius 2 is 1.84 bits per heavy atom. The maximum atomic E-state index is 11.7. The third-order valence-corrected chi connectivity index (χ3v) is 5.07. The average molecular weight is 344 g/mol. The van der Waals surface area contributed by atoms with Gasteiger partial charge in [0.2, 0.25) is 0 Å². The smallest absolute Gasteiger partial charge is 0.336 e. The average Bonchev–Trinajstić information content (AvgIpc) is 3.08. The van der Waals surface area contributed by atoms with Crippen LogP contribution in [0.1, 0.15) is 35.0 Å². The molecule has 3 heterocycles. The van der Waals surface area contributed by atoms with Gasteiger partial charge in [-0.05, 0) is 32.4 Å². The maximum absolute atomic E-state index is 11.7. The fourth-order valence-electron chi connectivity index (χ4n) is 3.80. The molecule has 6 heteroatoms. The van der Waals surface area contributed by atoms with E-state index < -0.39 is 12.2 Å². The number of ether oxygens (including phenoxy) is 1. The highest BCUT2D eigenvalue weighted by Crippen LogP contribution is 2.42. The van der Waals surface area contributed by atoms with E-state index in [1.807, 2.05) is 26.8 Å². The summed E-state index contributed by atoms with van der Waals surface area (Å²) in [5, 5.41) is 21.1. The van der Waals surface area contributed by atoms with Crippen molar-refractivity contribution in [1.29, 1.82) is 0 Å². The van der Waals surface area contributed by atoms with Crippen LogP contribution in [-0.4, -0.2) is 29.0 Å². The Morgan fingerprint density at radius 3 is 2.52 bits per heavy atom. The van der Waals surface area contributed by atoms with E-state index in [2.05, 4.69) is 0 Å². The molecule has 1 saturated heterocycles. The van der Waals surface area contributed by atoms with Gasteiger partial charge < -0.3 is 23.8 Å². The molecule has 6 nitrogen and oxygen atoms in total. The molecule has 4 rings (SSSR count). The number of aliphatic hydroxyl groups is 2. The van der Waals surface area contributed by atoms with Crippen LogP contribution < -0.4 is 5.63 Å². The van der Waals surface area contributed by atoms with Gasteiger partial charge in [-0.3, -0.25) is 0 Å². The maximum Gasteiger partial charge on any atom is 0.336 e. The Labute approximate surface area is 143 Å². The molecule has 1 aliphatic rings. The van der Waals surface area contributed by atoms with Crippen molar-refractivity contribution in [2.75, 3.05) is 6.61 Å². The van der Waals surface area contributed by atoms with E-state index in [0.717, 1.165) is 27.5 Å². The van der Waals surface area contributed by atoms with E-state index in [9.17, 15) is 15.0 Å². The van der Waals surface area contributed by atoms with Crippen molar-refractivity contribution < 1.29 is 23.8 Å². The summed E-state index contributed by atoms with van der Waals surface area (Å²) in [4.78, 5) is 11.7. The van der Waals surface area contributed by atoms with Gasteiger partial charge in [0.05, 0.1) is 18.8 Å². The molecule has 3 atom stereocenters. The van der Waals surface area contributed by atoms with Crippen LogP contribution in [0.25, 0.3) is 21.9 Å². The second kappa shape index (κ2) is 5.69. The van der Waals surface area contributed by atoms with E-state index in [-0.39, 0.29) is 18.3 Å². The Kier molecular flexibility index (Phi) is 3.72. The van der Waals surface area contributed by atoms with Crippen molar-refractivity contribution in [2.45, 2.75) is 45.5 Å². The van der Waals surface area contributed by atoms with E-state index in [0.29, 0.717) is 23.3 Å². The Balaban J connectivity index is 1.98. The van der Waals surface area contributed by atoms with Crippen molar-refractivity contribution in [1.82, 2.24) is 0 Å². The van der Waals surface area contributed by atoms with Crippen molar-refractivity contribution in [3.05, 3.63) is 45.0 Å². The zero-order chi connectivity index (χ0) is 17.9. The van der Waals surface area contributed by atoms with Gasteiger partial charge in [0, 0.05) is 34.4 Å². The molecule has 2 aromatic heterocycles. The molecule has 25 heavy (non-hydrogen) atoms. The number of benzene rings is 1. The highest BCUT2D eigenvalue weighted by molar-refractivity contribution is 6.00. The fourth-order valence-corrected chi connectivity index (χ4v) is 3.80. The van der Waals surface area contributed by atoms with Crippen LogP contribution in [0.3, 0.4) is 0 Å². The molecular weight excluding hydrogens is 324 g/mol. The van der Waals surface area contributed by atoms with Crippen LogP contribution in [0.4, 0.5) is 0 Å². The molecule has 0 amide bonds. The van der Waals surface area contributed by atoms with E-state index in [1.54, 1.807) is 0 Å². The van der Waals surface area contributed by atoms with Gasteiger partial charge in [0.25, 0.3) is 0 Å². The van der Waals surface area contributed by atoms with Gasteiger partial charge in [-0.1, -0.05) is 0 Å². The zero-order valence-electron chi connectivity index (χ0n) is 14.3. The SMILES string of the molecule is Cc1oc2c(C)c3oc(=O)cc(C)c3cc2c1[C@H]1C[C@H](O)[C@@H](CO)O1. The Hall–Kier alpha value is -2.15. The number of hydrogen-bond donors (Lipinski definition) is 2. The third-order valence-electron chi connectivity index (χ3n) is 5.07. The Bertz CT molecular complexity index is 1030. The second-order valence-corrected chi connectivity index (χ2v) is 6.72. The van der Waals surface area contributed by atoms with Gasteiger partial charge in [-0.25, -0.2) is 4.79 Å². The molecule has 2 N–H and O–H groups in total. The van der Waals surface area contributed by atoms with Gasteiger partial charge >= 0.3 is 5.63 Å². The number of aryl methyl sites for hydroxylation is 3. The molecule has 132 valence electrons. The van der Waals surface area contributed by atoms with Crippen LogP contribution in [0.5, 0.6) is 0 Å². The van der Waals surface area contributed by atoms with Crippen LogP contribution in [0, 0.1) is 20.8 Å². The fraction of sp³-hybridized carbons (Fsp3) is 0.421. The minimum absolute atomic E-state index is 0.223. The number of furan rings is 1. The first-order chi connectivity index (χ1) is 11.9. The molecule has 1 fully saturated rings. The molecule has 0 bridgehead atoms. The second-order valence-electron chi connectivity index (χ2n) is 6.72. The molecule has 0 spiro atoms. The lowest BCUT2D eigenvalue weighted by Crippen LogP contribution is -2.24. The summed E-state index contributed by atoms with van der Waals surface area (Å²) in [6.07, 6.45) is -1.24.